The maximum Gasteiger partial charge on any atom is 0.269 e. The minimum atomic E-state index is -0.506. The quantitative estimate of drug-likeness (QED) is 0.471. The lowest BCUT2D eigenvalue weighted by Gasteiger charge is -2.06. The highest BCUT2D eigenvalue weighted by Gasteiger charge is 2.16. The zero-order valence-corrected chi connectivity index (χ0v) is 19.9. The van der Waals surface area contributed by atoms with Crippen molar-refractivity contribution in [3.8, 4) is 6.07 Å². The summed E-state index contributed by atoms with van der Waals surface area (Å²) in [5, 5.41) is 12.5. The van der Waals surface area contributed by atoms with Gasteiger partial charge in [-0.3, -0.25) is 14.2 Å². The van der Waals surface area contributed by atoms with Gasteiger partial charge in [0, 0.05) is 31.3 Å². The molecule has 0 aliphatic rings. The van der Waals surface area contributed by atoms with Gasteiger partial charge in [-0.2, -0.15) is 5.26 Å². The second-order valence-electron chi connectivity index (χ2n) is 6.93. The van der Waals surface area contributed by atoms with E-state index in [2.05, 4.69) is 21.2 Å². The van der Waals surface area contributed by atoms with E-state index in [1.54, 1.807) is 13.2 Å². The van der Waals surface area contributed by atoms with E-state index in [0.717, 1.165) is 26.9 Å². The molecule has 0 aliphatic heterocycles. The number of benzene rings is 2. The first-order chi connectivity index (χ1) is 15.5. The van der Waals surface area contributed by atoms with Crippen LogP contribution in [0.2, 0.25) is 0 Å². The molecule has 6 nitrogen and oxygen atoms in total. The SMILES string of the molecule is COCCCn1c(=C(C#N)C(=O)NCc2ccccc2)sc(=Cc2ccc(Br)cc2)c1=O. The number of nitriles is 1. The summed E-state index contributed by atoms with van der Waals surface area (Å²) in [6.45, 7) is 1.11. The van der Waals surface area contributed by atoms with Gasteiger partial charge in [-0.05, 0) is 35.8 Å². The molecule has 164 valence electrons. The number of nitrogens with zero attached hydrogens (tertiary/aromatic N) is 2. The molecular weight excluding hydrogens is 490 g/mol. The number of carbonyl (C=O) groups excluding carboxylic acids is 1. The summed E-state index contributed by atoms with van der Waals surface area (Å²) in [7, 11) is 1.59. The predicted octanol–water partition coefficient (Wildman–Crippen LogP) is 2.53. The fourth-order valence-corrected chi connectivity index (χ4v) is 4.44. The van der Waals surface area contributed by atoms with Crippen molar-refractivity contribution in [2.75, 3.05) is 13.7 Å². The normalized spacial score (nSPS) is 12.3. The van der Waals surface area contributed by atoms with Crippen molar-refractivity contribution in [1.82, 2.24) is 9.88 Å². The van der Waals surface area contributed by atoms with Crippen LogP contribution in [0.4, 0.5) is 0 Å². The van der Waals surface area contributed by atoms with Gasteiger partial charge in [0.05, 0.1) is 4.53 Å². The zero-order valence-electron chi connectivity index (χ0n) is 17.5. The Morgan fingerprint density at radius 1 is 1.22 bits per heavy atom. The lowest BCUT2D eigenvalue weighted by Crippen LogP contribution is -2.35. The highest BCUT2D eigenvalue weighted by molar-refractivity contribution is 9.10. The van der Waals surface area contributed by atoms with Gasteiger partial charge < -0.3 is 10.1 Å². The van der Waals surface area contributed by atoms with Gasteiger partial charge in [0.1, 0.15) is 10.7 Å². The highest BCUT2D eigenvalue weighted by Crippen LogP contribution is 2.10. The number of hydrogen-bond acceptors (Lipinski definition) is 5. The first-order valence-electron chi connectivity index (χ1n) is 9.96. The smallest absolute Gasteiger partial charge is 0.269 e. The first-order valence-corrected chi connectivity index (χ1v) is 11.6. The molecule has 0 saturated carbocycles. The third-order valence-electron chi connectivity index (χ3n) is 4.65. The van der Waals surface area contributed by atoms with Gasteiger partial charge in [-0.25, -0.2) is 0 Å². The highest BCUT2D eigenvalue weighted by atomic mass is 79.9. The molecule has 0 spiro atoms. The van der Waals surface area contributed by atoms with Gasteiger partial charge >= 0.3 is 0 Å². The Labute approximate surface area is 198 Å². The fraction of sp³-hybridized carbons (Fsp3) is 0.208. The van der Waals surface area contributed by atoms with E-state index in [9.17, 15) is 14.9 Å². The summed E-state index contributed by atoms with van der Waals surface area (Å²) < 4.78 is 8.35. The van der Waals surface area contributed by atoms with Crippen molar-refractivity contribution in [2.24, 2.45) is 0 Å². The van der Waals surface area contributed by atoms with Gasteiger partial charge in [-0.1, -0.05) is 58.4 Å². The van der Waals surface area contributed by atoms with Crippen molar-refractivity contribution in [3.05, 3.63) is 89.7 Å². The average Bonchev–Trinajstić information content (AvgIpc) is 3.10. The minimum Gasteiger partial charge on any atom is -0.385 e. The Kier molecular flexibility index (Phi) is 8.56. The van der Waals surface area contributed by atoms with Crippen LogP contribution in [0.5, 0.6) is 0 Å². The molecule has 1 amide bonds. The van der Waals surface area contributed by atoms with Crippen LogP contribution in [0.3, 0.4) is 0 Å². The van der Waals surface area contributed by atoms with Crippen molar-refractivity contribution in [1.29, 1.82) is 5.26 Å². The molecule has 8 heteroatoms. The van der Waals surface area contributed by atoms with E-state index in [4.69, 9.17) is 4.74 Å². The zero-order chi connectivity index (χ0) is 22.9. The summed E-state index contributed by atoms with van der Waals surface area (Å²) in [5.74, 6) is -0.506. The number of hydrogen-bond donors (Lipinski definition) is 1. The lowest BCUT2D eigenvalue weighted by molar-refractivity contribution is -0.115. The maximum absolute atomic E-state index is 13.1. The molecule has 3 rings (SSSR count). The fourth-order valence-electron chi connectivity index (χ4n) is 3.05. The van der Waals surface area contributed by atoms with Gasteiger partial charge in [-0.15, -0.1) is 11.3 Å². The number of methoxy groups -OCH3 is 1. The monoisotopic (exact) mass is 511 g/mol. The Hall–Kier alpha value is -2.99. The molecule has 1 heterocycles. The molecule has 0 saturated heterocycles. The third kappa shape index (κ3) is 6.04. The van der Waals surface area contributed by atoms with E-state index in [0.29, 0.717) is 35.3 Å². The summed E-state index contributed by atoms with van der Waals surface area (Å²) in [5.41, 5.74) is 1.48. The number of aromatic nitrogens is 1. The van der Waals surface area contributed by atoms with Crippen molar-refractivity contribution < 1.29 is 9.53 Å². The van der Waals surface area contributed by atoms with Crippen molar-refractivity contribution in [2.45, 2.75) is 19.5 Å². The summed E-state index contributed by atoms with van der Waals surface area (Å²) in [6, 6.07) is 19.0. The van der Waals surface area contributed by atoms with Crippen LogP contribution in [-0.4, -0.2) is 24.2 Å². The van der Waals surface area contributed by atoms with E-state index in [-0.39, 0.29) is 11.1 Å². The molecule has 1 N–H and O–H groups in total. The van der Waals surface area contributed by atoms with Crippen LogP contribution in [0.15, 0.2) is 63.9 Å². The van der Waals surface area contributed by atoms with Crippen LogP contribution < -0.4 is 20.1 Å². The van der Waals surface area contributed by atoms with Crippen molar-refractivity contribution >= 4 is 44.8 Å². The molecule has 2 aromatic carbocycles. The Morgan fingerprint density at radius 3 is 2.59 bits per heavy atom. The van der Waals surface area contributed by atoms with Crippen molar-refractivity contribution in [3.63, 3.8) is 0 Å². The maximum atomic E-state index is 13.1. The molecule has 0 aliphatic carbocycles. The van der Waals surface area contributed by atoms with E-state index in [1.165, 1.54) is 4.57 Å². The first kappa shape index (κ1) is 23.7. The Balaban J connectivity index is 2.05. The largest absolute Gasteiger partial charge is 0.385 e. The predicted molar refractivity (Wildman–Crippen MR) is 129 cm³/mol. The van der Waals surface area contributed by atoms with E-state index in [1.807, 2.05) is 60.7 Å². The third-order valence-corrected chi connectivity index (χ3v) is 6.31. The Bertz CT molecular complexity index is 1290. The Morgan fingerprint density at radius 2 is 1.94 bits per heavy atom. The molecule has 0 bridgehead atoms. The van der Waals surface area contributed by atoms with E-state index >= 15 is 0 Å². The van der Waals surface area contributed by atoms with Crippen LogP contribution in [0.1, 0.15) is 17.5 Å². The number of nitrogens with one attached hydrogen (secondary N) is 1. The summed E-state index contributed by atoms with van der Waals surface area (Å²) in [4.78, 5) is 25.9. The van der Waals surface area contributed by atoms with Gasteiger partial charge in [0.25, 0.3) is 11.5 Å². The molecular formula is C24H22BrN3O3S. The topological polar surface area (TPSA) is 84.1 Å². The second kappa shape index (κ2) is 11.6. The molecule has 0 fully saturated rings. The average molecular weight is 512 g/mol. The lowest BCUT2D eigenvalue weighted by atomic mass is 10.2. The summed E-state index contributed by atoms with van der Waals surface area (Å²) in [6.07, 6.45) is 2.36. The van der Waals surface area contributed by atoms with Crippen LogP contribution in [-0.2, 0) is 22.6 Å². The number of ether oxygens (including phenoxy) is 1. The molecule has 0 radical (unpaired) electrons. The molecule has 1 aromatic heterocycles. The molecule has 3 aromatic rings. The summed E-state index contributed by atoms with van der Waals surface area (Å²) >= 11 is 4.55. The van der Waals surface area contributed by atoms with Gasteiger partial charge in [0.15, 0.2) is 5.57 Å². The minimum absolute atomic E-state index is 0.0732. The number of rotatable bonds is 8. The van der Waals surface area contributed by atoms with Crippen LogP contribution in [0, 0.1) is 11.3 Å². The number of carbonyl (C=O) groups is 1. The van der Waals surface area contributed by atoms with E-state index < -0.39 is 5.91 Å². The standard InChI is InChI=1S/C24H22BrN3O3S/c1-31-13-5-12-28-23(30)21(14-17-8-10-19(25)11-9-17)32-24(28)20(15-26)22(29)27-16-18-6-3-2-4-7-18/h2-4,6-11,14H,5,12-13,16H2,1H3,(H,27,29). The molecule has 0 unspecified atom stereocenters. The van der Waals surface area contributed by atoms with Gasteiger partial charge in [0.2, 0.25) is 0 Å². The number of halogens is 1. The molecule has 32 heavy (non-hydrogen) atoms. The number of amides is 1. The van der Waals surface area contributed by atoms with Crippen LogP contribution >= 0.6 is 27.3 Å². The molecule has 0 atom stereocenters. The second-order valence-corrected chi connectivity index (χ2v) is 8.87. The number of thiazole rings is 1. The van der Waals surface area contributed by atoms with Crippen LogP contribution in [0.25, 0.3) is 11.6 Å².